The van der Waals surface area contributed by atoms with Gasteiger partial charge in [0.2, 0.25) is 5.91 Å². The number of carbonyl (C=O) groups excluding carboxylic acids is 1. The normalized spacial score (nSPS) is 8.45. The topological polar surface area (TPSA) is 32.3 Å². The first-order valence-electron chi connectivity index (χ1n) is 3.76. The molecule has 0 unspecified atom stereocenters. The van der Waals surface area contributed by atoms with Crippen LogP contribution in [0, 0.1) is 0 Å². The molecule has 0 spiro atoms. The van der Waals surface area contributed by atoms with Gasteiger partial charge in [0.05, 0.1) is 0 Å². The summed E-state index contributed by atoms with van der Waals surface area (Å²) >= 11 is 0. The van der Waals surface area contributed by atoms with Gasteiger partial charge < -0.3 is 10.2 Å². The zero-order valence-corrected chi connectivity index (χ0v) is 8.01. The smallest absolute Gasteiger partial charge is 0.223 e. The van der Waals surface area contributed by atoms with Crippen molar-refractivity contribution in [2.75, 3.05) is 14.1 Å². The van der Waals surface area contributed by atoms with Crippen molar-refractivity contribution >= 4 is 5.91 Å². The number of nitrogens with zero attached hydrogens (tertiary/aromatic N) is 1. The van der Waals surface area contributed by atoms with E-state index in [1.165, 1.54) is 11.8 Å². The molecule has 0 radical (unpaired) electrons. The van der Waals surface area contributed by atoms with E-state index in [1.807, 2.05) is 13.8 Å². The molecule has 0 bridgehead atoms. The number of hydrogen-bond donors (Lipinski definition) is 1. The molecule has 0 rings (SSSR count). The van der Waals surface area contributed by atoms with Gasteiger partial charge in [0.15, 0.2) is 0 Å². The first kappa shape index (κ1) is 12.7. The molecule has 0 saturated heterocycles. The number of nitrogens with one attached hydrogen (secondary N) is 1. The second kappa shape index (κ2) is 9.01. The Balaban J connectivity index is 0. The van der Waals surface area contributed by atoms with Crippen LogP contribution in [0.3, 0.4) is 0 Å². The molecule has 0 fully saturated rings. The highest BCUT2D eigenvalue weighted by atomic mass is 16.2. The van der Waals surface area contributed by atoms with Crippen LogP contribution in [0.1, 0.15) is 20.8 Å². The summed E-state index contributed by atoms with van der Waals surface area (Å²) in [6, 6.07) is 0. The molecule has 0 aromatic rings. The molecular formula is C8H18N2O. The molecule has 1 N–H and O–H groups in total. The number of carbonyl (C=O) groups is 1. The van der Waals surface area contributed by atoms with Crippen LogP contribution in [0.4, 0.5) is 0 Å². The predicted octanol–water partition coefficient (Wildman–Crippen LogP) is 1.18. The van der Waals surface area contributed by atoms with Gasteiger partial charge in [-0.1, -0.05) is 13.8 Å². The van der Waals surface area contributed by atoms with Crippen molar-refractivity contribution in [3.05, 3.63) is 12.4 Å². The summed E-state index contributed by atoms with van der Waals surface area (Å²) in [5, 5.41) is 2.78. The van der Waals surface area contributed by atoms with Crippen LogP contribution in [0.15, 0.2) is 12.4 Å². The van der Waals surface area contributed by atoms with Crippen LogP contribution in [0.5, 0.6) is 0 Å². The van der Waals surface area contributed by atoms with Gasteiger partial charge >= 0.3 is 0 Å². The Kier molecular flexibility index (Phi) is 10.4. The van der Waals surface area contributed by atoms with Crippen molar-refractivity contribution in [3.63, 3.8) is 0 Å². The fourth-order valence-corrected chi connectivity index (χ4v) is 0.291. The van der Waals surface area contributed by atoms with E-state index >= 15 is 0 Å². The Morgan fingerprint density at radius 3 is 2.18 bits per heavy atom. The summed E-state index contributed by atoms with van der Waals surface area (Å²) in [5.74, 6) is 0.0292. The fraction of sp³-hybridized carbons (Fsp3) is 0.625. The fourth-order valence-electron chi connectivity index (χ4n) is 0.291. The minimum Gasteiger partial charge on any atom is -0.393 e. The van der Waals surface area contributed by atoms with Crippen LogP contribution in [0.25, 0.3) is 0 Å². The zero-order chi connectivity index (χ0) is 9.28. The van der Waals surface area contributed by atoms with Crippen LogP contribution in [-0.2, 0) is 4.79 Å². The van der Waals surface area contributed by atoms with Crippen molar-refractivity contribution < 1.29 is 4.79 Å². The largest absolute Gasteiger partial charge is 0.393 e. The maximum atomic E-state index is 10.5. The summed E-state index contributed by atoms with van der Waals surface area (Å²) < 4.78 is 0. The lowest BCUT2D eigenvalue weighted by Gasteiger charge is -2.06. The van der Waals surface area contributed by atoms with E-state index in [0.29, 0.717) is 0 Å². The molecule has 0 aromatic heterocycles. The molecule has 0 atom stereocenters. The van der Waals surface area contributed by atoms with Gasteiger partial charge in [-0.2, -0.15) is 0 Å². The zero-order valence-electron chi connectivity index (χ0n) is 8.01. The van der Waals surface area contributed by atoms with E-state index in [-0.39, 0.29) is 5.91 Å². The van der Waals surface area contributed by atoms with Crippen molar-refractivity contribution in [2.45, 2.75) is 20.8 Å². The van der Waals surface area contributed by atoms with Crippen molar-refractivity contribution in [1.29, 1.82) is 0 Å². The molecule has 0 aliphatic rings. The van der Waals surface area contributed by atoms with E-state index in [9.17, 15) is 4.79 Å². The van der Waals surface area contributed by atoms with Crippen molar-refractivity contribution in [2.24, 2.45) is 0 Å². The minimum atomic E-state index is 0.0292. The van der Waals surface area contributed by atoms with Crippen LogP contribution < -0.4 is 5.32 Å². The summed E-state index contributed by atoms with van der Waals surface area (Å²) in [7, 11) is 3.49. The molecule has 0 aliphatic carbocycles. The standard InChI is InChI=1S/C6H12N2O.C2H6/c1-6(9)8(3)5-4-7-2;1-2/h4-5,7H,1-3H3;1-2H3/b5-4-;. The highest BCUT2D eigenvalue weighted by molar-refractivity contribution is 5.73. The summed E-state index contributed by atoms with van der Waals surface area (Å²) in [6.07, 6.45) is 3.36. The molecule has 3 heteroatoms. The van der Waals surface area contributed by atoms with Gasteiger partial charge in [0, 0.05) is 33.4 Å². The quantitative estimate of drug-likeness (QED) is 0.654. The monoisotopic (exact) mass is 158 g/mol. The third-order valence-electron chi connectivity index (χ3n) is 0.962. The first-order valence-corrected chi connectivity index (χ1v) is 3.76. The van der Waals surface area contributed by atoms with Crippen molar-refractivity contribution in [3.8, 4) is 0 Å². The van der Waals surface area contributed by atoms with Gasteiger partial charge in [0.25, 0.3) is 0 Å². The predicted molar refractivity (Wildman–Crippen MR) is 48.0 cm³/mol. The van der Waals surface area contributed by atoms with Gasteiger partial charge in [-0.15, -0.1) is 0 Å². The highest BCUT2D eigenvalue weighted by Gasteiger charge is 1.92. The molecule has 0 aliphatic heterocycles. The molecule has 11 heavy (non-hydrogen) atoms. The van der Waals surface area contributed by atoms with E-state index in [0.717, 1.165) is 0 Å². The molecule has 0 heterocycles. The average molecular weight is 158 g/mol. The van der Waals surface area contributed by atoms with Crippen LogP contribution >= 0.6 is 0 Å². The number of hydrogen-bond acceptors (Lipinski definition) is 2. The molecular weight excluding hydrogens is 140 g/mol. The summed E-state index contributed by atoms with van der Waals surface area (Å²) in [5.41, 5.74) is 0. The van der Waals surface area contributed by atoms with E-state index in [4.69, 9.17) is 0 Å². The van der Waals surface area contributed by atoms with E-state index < -0.39 is 0 Å². The molecule has 1 amide bonds. The maximum absolute atomic E-state index is 10.5. The van der Waals surface area contributed by atoms with Crippen molar-refractivity contribution in [1.82, 2.24) is 10.2 Å². The van der Waals surface area contributed by atoms with Gasteiger partial charge in [-0.3, -0.25) is 4.79 Å². The van der Waals surface area contributed by atoms with Gasteiger partial charge in [-0.05, 0) is 0 Å². The second-order valence-corrected chi connectivity index (χ2v) is 1.73. The lowest BCUT2D eigenvalue weighted by molar-refractivity contribution is -0.125. The molecule has 0 aromatic carbocycles. The molecule has 0 saturated carbocycles. The Morgan fingerprint density at radius 2 is 1.91 bits per heavy atom. The highest BCUT2D eigenvalue weighted by Crippen LogP contribution is 1.81. The van der Waals surface area contributed by atoms with E-state index in [2.05, 4.69) is 5.32 Å². The summed E-state index contributed by atoms with van der Waals surface area (Å²) in [4.78, 5) is 12.0. The lowest BCUT2D eigenvalue weighted by Crippen LogP contribution is -2.17. The molecule has 66 valence electrons. The van der Waals surface area contributed by atoms with Gasteiger partial charge in [0.1, 0.15) is 0 Å². The minimum absolute atomic E-state index is 0.0292. The first-order chi connectivity index (χ1) is 5.18. The SMILES string of the molecule is CC.CN/C=C\N(C)C(C)=O. The molecule has 3 nitrogen and oxygen atoms in total. The summed E-state index contributed by atoms with van der Waals surface area (Å²) in [6.45, 7) is 5.51. The Morgan fingerprint density at radius 1 is 1.45 bits per heavy atom. The lowest BCUT2D eigenvalue weighted by atomic mass is 10.6. The average Bonchev–Trinajstić information content (AvgIpc) is 2.03. The Hall–Kier alpha value is -0.990. The maximum Gasteiger partial charge on any atom is 0.223 e. The Labute approximate surface area is 69.1 Å². The third kappa shape index (κ3) is 9.01. The van der Waals surface area contributed by atoms with E-state index in [1.54, 1.807) is 26.5 Å². The Bertz CT molecular complexity index is 121. The number of amides is 1. The van der Waals surface area contributed by atoms with Crippen LogP contribution in [0.2, 0.25) is 0 Å². The third-order valence-corrected chi connectivity index (χ3v) is 0.962. The second-order valence-electron chi connectivity index (χ2n) is 1.73. The van der Waals surface area contributed by atoms with Crippen LogP contribution in [-0.4, -0.2) is 24.9 Å². The number of rotatable bonds is 2. The van der Waals surface area contributed by atoms with Gasteiger partial charge in [-0.25, -0.2) is 0 Å².